The van der Waals surface area contributed by atoms with E-state index in [-0.39, 0.29) is 53.6 Å². The van der Waals surface area contributed by atoms with Gasteiger partial charge in [-0.1, -0.05) is 6.92 Å². The maximum atomic E-state index is 15.5. The molecule has 5 heterocycles. The summed E-state index contributed by atoms with van der Waals surface area (Å²) in [6.45, 7) is 6.83. The molecule has 0 atom stereocenters. The molecule has 0 unspecified atom stereocenters. The number of nitrogens with zero attached hydrogens (tertiary/aromatic N) is 6. The first-order chi connectivity index (χ1) is 17.7. The number of anilines is 1. The molecule has 12 heteroatoms. The fourth-order valence-electron chi connectivity index (χ4n) is 4.60. The minimum atomic E-state index is -1.42. The molecule has 1 N–H and O–H groups in total. The van der Waals surface area contributed by atoms with E-state index >= 15 is 4.39 Å². The summed E-state index contributed by atoms with van der Waals surface area (Å²) in [5.74, 6) is -2.37. The number of fused-ring (bicyclic) bond motifs is 1. The van der Waals surface area contributed by atoms with Gasteiger partial charge in [-0.05, 0) is 26.3 Å². The molecule has 0 bridgehead atoms. The average Bonchev–Trinajstić information content (AvgIpc) is 3.46. The molecule has 4 aromatic heterocycles. The fourth-order valence-corrected chi connectivity index (χ4v) is 5.22. The lowest BCUT2D eigenvalue weighted by Crippen LogP contribution is -2.51. The summed E-state index contributed by atoms with van der Waals surface area (Å²) in [5, 5.41) is 16.0. The van der Waals surface area contributed by atoms with Crippen LogP contribution in [0.4, 0.5) is 10.2 Å². The van der Waals surface area contributed by atoms with Gasteiger partial charge in [-0.15, -0.1) is 11.3 Å². The second-order valence-electron chi connectivity index (χ2n) is 9.18. The highest BCUT2D eigenvalue weighted by Crippen LogP contribution is 2.32. The molecule has 0 radical (unpaired) electrons. The van der Waals surface area contributed by atoms with Crippen molar-refractivity contribution in [2.45, 2.75) is 40.2 Å². The first kappa shape index (κ1) is 24.8. The zero-order valence-electron chi connectivity index (χ0n) is 20.6. The van der Waals surface area contributed by atoms with Gasteiger partial charge in [-0.25, -0.2) is 19.2 Å². The Morgan fingerprint density at radius 1 is 1.27 bits per heavy atom. The summed E-state index contributed by atoms with van der Waals surface area (Å²) in [7, 11) is 0. The van der Waals surface area contributed by atoms with Crippen LogP contribution in [0.3, 0.4) is 0 Å². The van der Waals surface area contributed by atoms with Gasteiger partial charge in [0, 0.05) is 48.7 Å². The Morgan fingerprint density at radius 2 is 2.03 bits per heavy atom. The molecule has 10 nitrogen and oxygen atoms in total. The van der Waals surface area contributed by atoms with Crippen LogP contribution in [0.25, 0.3) is 16.2 Å². The third kappa shape index (κ3) is 4.31. The van der Waals surface area contributed by atoms with Crippen LogP contribution in [0.2, 0.25) is 0 Å². The Balaban J connectivity index is 1.45. The first-order valence-corrected chi connectivity index (χ1v) is 12.8. The van der Waals surface area contributed by atoms with E-state index in [2.05, 4.69) is 22.0 Å². The number of halogens is 1. The molecule has 1 aliphatic heterocycles. The van der Waals surface area contributed by atoms with Gasteiger partial charge in [-0.3, -0.25) is 18.8 Å². The van der Waals surface area contributed by atoms with Crippen LogP contribution in [-0.2, 0) is 17.8 Å². The smallest absolute Gasteiger partial charge is 0.341 e. The summed E-state index contributed by atoms with van der Waals surface area (Å²) < 4.78 is 18.8. The lowest BCUT2D eigenvalue weighted by atomic mass is 9.92. The number of pyridine rings is 2. The third-order valence-electron chi connectivity index (χ3n) is 6.61. The number of hydrogen-bond donors (Lipinski definition) is 1. The minimum absolute atomic E-state index is 0.00474. The van der Waals surface area contributed by atoms with Gasteiger partial charge in [0.15, 0.2) is 22.4 Å². The molecule has 1 saturated heterocycles. The third-order valence-corrected chi connectivity index (χ3v) is 7.38. The summed E-state index contributed by atoms with van der Waals surface area (Å²) in [6.07, 6.45) is 3.87. The van der Waals surface area contributed by atoms with Gasteiger partial charge in [0.1, 0.15) is 11.3 Å². The highest BCUT2D eigenvalue weighted by Gasteiger charge is 2.36. The lowest BCUT2D eigenvalue weighted by molar-refractivity contribution is -0.123. The molecule has 1 aliphatic rings. The van der Waals surface area contributed by atoms with Crippen molar-refractivity contribution in [2.75, 3.05) is 18.0 Å². The highest BCUT2D eigenvalue weighted by molar-refractivity contribution is 7.12. The van der Waals surface area contributed by atoms with Crippen molar-refractivity contribution in [3.8, 4) is 5.13 Å². The van der Waals surface area contributed by atoms with Crippen LogP contribution in [0.15, 0.2) is 28.6 Å². The van der Waals surface area contributed by atoms with Crippen molar-refractivity contribution >= 4 is 39.9 Å². The Bertz CT molecular complexity index is 1590. The number of carbonyl (C=O) groups is 2. The number of aryl methyl sites for hydroxylation is 3. The number of carboxylic acid groups (broad SMARTS) is 1. The van der Waals surface area contributed by atoms with Gasteiger partial charge in [0.05, 0.1) is 23.4 Å². The number of hydrogen-bond acceptors (Lipinski definition) is 8. The minimum Gasteiger partial charge on any atom is -0.477 e. The quantitative estimate of drug-likeness (QED) is 0.373. The van der Waals surface area contributed by atoms with E-state index in [1.807, 2.05) is 17.7 Å². The van der Waals surface area contributed by atoms with Crippen molar-refractivity contribution in [3.63, 3.8) is 0 Å². The summed E-state index contributed by atoms with van der Waals surface area (Å²) >= 11 is 1.23. The number of Topliss-reactive ketones (excluding diaryl/α,β-unsaturated/α-hetero) is 1. The lowest BCUT2D eigenvalue weighted by Gasteiger charge is -2.39. The van der Waals surface area contributed by atoms with Crippen molar-refractivity contribution in [1.29, 1.82) is 0 Å². The zero-order valence-corrected chi connectivity index (χ0v) is 21.4. The fraction of sp³-hybridized carbons (Fsp3) is 0.360. The van der Waals surface area contributed by atoms with Gasteiger partial charge in [0.2, 0.25) is 5.43 Å². The standard InChI is InChI=1S/C25H25FN6O4S/c1-4-6-32-13(2)8-16(29-32)9-18(33)15-10-30(11-15)23-20(26)14(3)19-21(34)17(24(35)36)12-31(22(19)28-23)25-27-5-7-37-25/h5,7-8,12,15H,4,6,9-11H2,1-3H3,(H,35,36). The Morgan fingerprint density at radius 3 is 2.68 bits per heavy atom. The van der Waals surface area contributed by atoms with Crippen molar-refractivity contribution in [1.82, 2.24) is 24.3 Å². The van der Waals surface area contributed by atoms with Gasteiger partial charge >= 0.3 is 5.97 Å². The number of carbonyl (C=O) groups excluding carboxylic acids is 1. The molecule has 0 aromatic carbocycles. The molecule has 0 amide bonds. The molecular formula is C25H25FN6O4S. The van der Waals surface area contributed by atoms with Crippen LogP contribution in [-0.4, -0.2) is 54.3 Å². The predicted molar refractivity (Wildman–Crippen MR) is 136 cm³/mol. The molecule has 4 aromatic rings. The van der Waals surface area contributed by atoms with Crippen LogP contribution < -0.4 is 10.3 Å². The summed E-state index contributed by atoms with van der Waals surface area (Å²) in [5.41, 5.74) is 0.555. The van der Waals surface area contributed by atoms with E-state index in [0.29, 0.717) is 5.13 Å². The van der Waals surface area contributed by atoms with Crippen LogP contribution in [0.5, 0.6) is 0 Å². The zero-order chi connectivity index (χ0) is 26.4. The number of thiazole rings is 1. The predicted octanol–water partition coefficient (Wildman–Crippen LogP) is 3.15. The number of carboxylic acids is 1. The maximum Gasteiger partial charge on any atom is 0.341 e. The number of rotatable bonds is 8. The van der Waals surface area contributed by atoms with E-state index in [0.717, 1.165) is 24.4 Å². The van der Waals surface area contributed by atoms with Gasteiger partial charge in [0.25, 0.3) is 0 Å². The van der Waals surface area contributed by atoms with E-state index in [9.17, 15) is 19.5 Å². The molecular weight excluding hydrogens is 499 g/mol. The van der Waals surface area contributed by atoms with Crippen LogP contribution in [0.1, 0.15) is 40.7 Å². The van der Waals surface area contributed by atoms with Crippen molar-refractivity contribution in [2.24, 2.45) is 5.92 Å². The number of aromatic nitrogens is 5. The Hall–Kier alpha value is -3.93. The van der Waals surface area contributed by atoms with E-state index in [4.69, 9.17) is 0 Å². The first-order valence-electron chi connectivity index (χ1n) is 11.9. The van der Waals surface area contributed by atoms with Gasteiger partial charge in [-0.2, -0.15) is 5.10 Å². The van der Waals surface area contributed by atoms with Crippen LogP contribution in [0, 0.1) is 25.6 Å². The van der Waals surface area contributed by atoms with Gasteiger partial charge < -0.3 is 10.0 Å². The molecule has 0 spiro atoms. The highest BCUT2D eigenvalue weighted by atomic mass is 32.1. The largest absolute Gasteiger partial charge is 0.477 e. The normalized spacial score (nSPS) is 13.8. The molecule has 37 heavy (non-hydrogen) atoms. The molecule has 5 rings (SSSR count). The molecule has 0 saturated carbocycles. The van der Waals surface area contributed by atoms with E-state index < -0.39 is 22.8 Å². The summed E-state index contributed by atoms with van der Waals surface area (Å²) in [4.78, 5) is 47.8. The molecule has 0 aliphatic carbocycles. The van der Waals surface area contributed by atoms with E-state index in [1.54, 1.807) is 16.5 Å². The summed E-state index contributed by atoms with van der Waals surface area (Å²) in [6, 6.07) is 1.92. The Labute approximate surface area is 215 Å². The topological polar surface area (TPSA) is 123 Å². The second kappa shape index (κ2) is 9.51. The maximum absolute atomic E-state index is 15.5. The van der Waals surface area contributed by atoms with E-state index in [1.165, 1.54) is 29.0 Å². The number of aromatic carboxylic acids is 1. The Kier molecular flexibility index (Phi) is 6.36. The SMILES string of the molecule is CCCn1nc(CC(=O)C2CN(c3nc4c(c(C)c3F)c(=O)c(C(=O)O)cn4-c3nccs3)C2)cc1C. The van der Waals surface area contributed by atoms with Crippen molar-refractivity contribution in [3.05, 3.63) is 62.4 Å². The monoisotopic (exact) mass is 524 g/mol. The molecule has 192 valence electrons. The second-order valence-corrected chi connectivity index (χ2v) is 10.1. The van der Waals surface area contributed by atoms with Crippen LogP contribution >= 0.6 is 11.3 Å². The van der Waals surface area contributed by atoms with Crippen molar-refractivity contribution < 1.29 is 19.1 Å². The molecule has 1 fully saturated rings. The number of ketones is 1. The average molecular weight is 525 g/mol.